The molecule has 0 spiro atoms. The van der Waals surface area contributed by atoms with Crippen LogP contribution in [0.4, 0.5) is 29.2 Å². The third kappa shape index (κ3) is 6.47. The molecule has 0 amide bonds. The Hall–Kier alpha value is -3.74. The number of rotatable bonds is 9. The number of carbonyl (C=O) groups is 1. The number of anilines is 2. The van der Waals surface area contributed by atoms with Crippen molar-refractivity contribution < 1.29 is 27.5 Å². The summed E-state index contributed by atoms with van der Waals surface area (Å²) in [5.74, 6) is -1.26. The lowest BCUT2D eigenvalue weighted by atomic mass is 9.95. The fourth-order valence-corrected chi connectivity index (χ4v) is 4.75. The number of aromatic carboxylic acids is 1. The molecule has 3 aromatic rings. The number of aromatic nitrogens is 4. The lowest BCUT2D eigenvalue weighted by molar-refractivity contribution is -0.139. The Labute approximate surface area is 223 Å². The molecular formula is C26H31F4N7O2. The number of nitrogens with two attached hydrogens (primary N) is 1. The first kappa shape index (κ1) is 28.3. The number of benzene rings is 1. The molecule has 2 aromatic heterocycles. The van der Waals surface area contributed by atoms with E-state index in [2.05, 4.69) is 29.1 Å². The zero-order chi connectivity index (χ0) is 28.3. The van der Waals surface area contributed by atoms with Crippen molar-refractivity contribution in [2.75, 3.05) is 36.8 Å². The first-order chi connectivity index (χ1) is 18.5. The average Bonchev–Trinajstić information content (AvgIpc) is 3.30. The smallest absolute Gasteiger partial charge is 0.419 e. The summed E-state index contributed by atoms with van der Waals surface area (Å²) < 4.78 is 55.8. The minimum Gasteiger partial charge on any atom is -0.477 e. The Kier molecular flexibility index (Phi) is 8.38. The van der Waals surface area contributed by atoms with Crippen LogP contribution in [-0.4, -0.2) is 56.8 Å². The van der Waals surface area contributed by atoms with E-state index in [1.54, 1.807) is 6.20 Å². The van der Waals surface area contributed by atoms with E-state index >= 15 is 0 Å². The number of imidazole rings is 1. The van der Waals surface area contributed by atoms with E-state index in [0.717, 1.165) is 24.5 Å². The van der Waals surface area contributed by atoms with Crippen LogP contribution in [0.1, 0.15) is 54.4 Å². The van der Waals surface area contributed by atoms with Crippen LogP contribution in [0.5, 0.6) is 0 Å². The molecule has 0 bridgehead atoms. The summed E-state index contributed by atoms with van der Waals surface area (Å²) in [6, 6.07) is 2.90. The molecule has 1 aliphatic heterocycles. The predicted octanol–water partition coefficient (Wildman–Crippen LogP) is 4.41. The normalized spacial score (nSPS) is 14.8. The monoisotopic (exact) mass is 549 g/mol. The largest absolute Gasteiger partial charge is 0.477 e. The lowest BCUT2D eigenvalue weighted by Crippen LogP contribution is -2.36. The maximum absolute atomic E-state index is 13.9. The summed E-state index contributed by atoms with van der Waals surface area (Å²) in [7, 11) is 0. The third-order valence-electron chi connectivity index (χ3n) is 6.69. The molecule has 9 nitrogen and oxygen atoms in total. The summed E-state index contributed by atoms with van der Waals surface area (Å²) in [4.78, 5) is 26.2. The minimum absolute atomic E-state index is 0.0323. The molecule has 4 N–H and O–H groups in total. The number of carboxylic acids is 1. The van der Waals surface area contributed by atoms with E-state index < -0.39 is 23.5 Å². The van der Waals surface area contributed by atoms with Gasteiger partial charge >= 0.3 is 12.1 Å². The van der Waals surface area contributed by atoms with Gasteiger partial charge in [0.25, 0.3) is 0 Å². The highest BCUT2D eigenvalue weighted by Crippen LogP contribution is 2.36. The summed E-state index contributed by atoms with van der Waals surface area (Å²) in [5.41, 5.74) is 4.81. The summed E-state index contributed by atoms with van der Waals surface area (Å²) >= 11 is 0. The van der Waals surface area contributed by atoms with Gasteiger partial charge in [0.15, 0.2) is 0 Å². The number of carboxylic acid groups (broad SMARTS) is 1. The van der Waals surface area contributed by atoms with Crippen molar-refractivity contribution in [3.05, 3.63) is 53.5 Å². The zero-order valence-electron chi connectivity index (χ0n) is 21.7. The Balaban J connectivity index is 1.60. The van der Waals surface area contributed by atoms with Crippen LogP contribution in [0.3, 0.4) is 0 Å². The first-order valence-electron chi connectivity index (χ1n) is 12.7. The van der Waals surface area contributed by atoms with Crippen molar-refractivity contribution in [3.8, 4) is 11.3 Å². The number of alkyl halides is 3. The van der Waals surface area contributed by atoms with Crippen molar-refractivity contribution in [3.63, 3.8) is 0 Å². The van der Waals surface area contributed by atoms with Crippen LogP contribution in [0.2, 0.25) is 0 Å². The van der Waals surface area contributed by atoms with Crippen molar-refractivity contribution >= 4 is 17.6 Å². The van der Waals surface area contributed by atoms with E-state index in [1.165, 1.54) is 12.4 Å². The number of nitrogen functional groups attached to an aromatic ring is 1. The number of nitrogens with one attached hydrogen (secondary N) is 1. The molecule has 39 heavy (non-hydrogen) atoms. The van der Waals surface area contributed by atoms with Gasteiger partial charge in [0.2, 0.25) is 0 Å². The molecule has 0 aliphatic carbocycles. The van der Waals surface area contributed by atoms with Crippen LogP contribution < -0.4 is 16.0 Å². The van der Waals surface area contributed by atoms with Crippen molar-refractivity contribution in [2.45, 2.75) is 45.3 Å². The van der Waals surface area contributed by atoms with Crippen LogP contribution in [0, 0.1) is 11.7 Å². The van der Waals surface area contributed by atoms with E-state index in [1.807, 2.05) is 9.47 Å². The van der Waals surface area contributed by atoms with Crippen molar-refractivity contribution in [2.24, 2.45) is 5.92 Å². The molecule has 0 radical (unpaired) electrons. The second-order valence-electron chi connectivity index (χ2n) is 9.99. The molecule has 13 heteroatoms. The van der Waals surface area contributed by atoms with Gasteiger partial charge in [0, 0.05) is 43.9 Å². The van der Waals surface area contributed by atoms with Gasteiger partial charge in [-0.2, -0.15) is 13.2 Å². The van der Waals surface area contributed by atoms with Gasteiger partial charge in [-0.25, -0.2) is 24.1 Å². The van der Waals surface area contributed by atoms with Crippen molar-refractivity contribution in [1.82, 2.24) is 24.8 Å². The highest BCUT2D eigenvalue weighted by Gasteiger charge is 2.35. The summed E-state index contributed by atoms with van der Waals surface area (Å²) in [6.07, 6.45) is -0.672. The molecule has 0 atom stereocenters. The fraction of sp³-hybridized carbons (Fsp3) is 0.462. The first-order valence-corrected chi connectivity index (χ1v) is 12.7. The number of nitrogens with zero attached hydrogens (tertiary/aromatic N) is 5. The molecule has 0 saturated carbocycles. The molecule has 1 saturated heterocycles. The molecule has 3 heterocycles. The average molecular weight is 550 g/mol. The molecule has 210 valence electrons. The second-order valence-corrected chi connectivity index (χ2v) is 9.99. The Morgan fingerprint density at radius 1 is 1.23 bits per heavy atom. The van der Waals surface area contributed by atoms with Crippen LogP contribution in [-0.2, 0) is 12.7 Å². The van der Waals surface area contributed by atoms with E-state index in [4.69, 9.17) is 10.7 Å². The topological polar surface area (TPSA) is 122 Å². The maximum atomic E-state index is 13.9. The molecular weight excluding hydrogens is 518 g/mol. The molecule has 1 fully saturated rings. The Morgan fingerprint density at radius 2 is 1.95 bits per heavy atom. The van der Waals surface area contributed by atoms with Crippen molar-refractivity contribution in [1.29, 1.82) is 0 Å². The number of hydrogen-bond donors (Lipinski definition) is 3. The summed E-state index contributed by atoms with van der Waals surface area (Å²) in [6.45, 7) is 7.14. The van der Waals surface area contributed by atoms with Crippen LogP contribution >= 0.6 is 0 Å². The van der Waals surface area contributed by atoms with E-state index in [9.17, 15) is 27.5 Å². The van der Waals surface area contributed by atoms with Gasteiger partial charge in [-0.1, -0.05) is 13.8 Å². The highest BCUT2D eigenvalue weighted by molar-refractivity contribution is 5.98. The van der Waals surface area contributed by atoms with Gasteiger partial charge in [-0.3, -0.25) is 0 Å². The molecule has 1 aromatic carbocycles. The van der Waals surface area contributed by atoms with Gasteiger partial charge in [-0.15, -0.1) is 0 Å². The minimum atomic E-state index is -4.82. The predicted molar refractivity (Wildman–Crippen MR) is 138 cm³/mol. The van der Waals surface area contributed by atoms with Gasteiger partial charge < -0.3 is 25.6 Å². The molecule has 4 rings (SSSR count). The Morgan fingerprint density at radius 3 is 2.59 bits per heavy atom. The number of hydrogen-bond acceptors (Lipinski definition) is 7. The SMILES string of the molecule is CC(C)CNCCn1cc(-c2ccc(F)c(C(F)(F)F)c2)nc1C1CCN(c2ncnc(N)c2C(=O)O)CC1. The van der Waals surface area contributed by atoms with E-state index in [0.29, 0.717) is 50.6 Å². The third-order valence-corrected chi connectivity index (χ3v) is 6.69. The molecule has 0 unspecified atom stereocenters. The van der Waals surface area contributed by atoms with Crippen LogP contribution in [0.15, 0.2) is 30.7 Å². The summed E-state index contributed by atoms with van der Waals surface area (Å²) in [5, 5.41) is 12.9. The van der Waals surface area contributed by atoms with Gasteiger partial charge in [0.05, 0.1) is 11.3 Å². The standard InChI is InChI=1S/C26H31F4N7O2/c1-15(2)12-32-7-10-37-13-20(17-3-4-19(27)18(11-17)26(28,29)30)35-23(37)16-5-8-36(9-6-16)24-21(25(38)39)22(31)33-14-34-24/h3-4,11,13-16,32H,5-10,12H2,1-2H3,(H,38,39)(H2,31,33,34). The lowest BCUT2D eigenvalue weighted by Gasteiger charge is -2.33. The van der Waals surface area contributed by atoms with Crippen LogP contribution in [0.25, 0.3) is 11.3 Å². The molecule has 1 aliphatic rings. The fourth-order valence-electron chi connectivity index (χ4n) is 4.75. The zero-order valence-corrected chi connectivity index (χ0v) is 21.7. The maximum Gasteiger partial charge on any atom is 0.419 e. The second kappa shape index (κ2) is 11.6. The quantitative estimate of drug-likeness (QED) is 0.265. The highest BCUT2D eigenvalue weighted by atomic mass is 19.4. The number of halogens is 4. The number of piperidine rings is 1. The van der Waals surface area contributed by atoms with Gasteiger partial charge in [-0.05, 0) is 43.5 Å². The van der Waals surface area contributed by atoms with Gasteiger partial charge in [0.1, 0.15) is 35.2 Å². The van der Waals surface area contributed by atoms with E-state index in [-0.39, 0.29) is 28.7 Å². The Bertz CT molecular complexity index is 1320.